The summed E-state index contributed by atoms with van der Waals surface area (Å²) >= 11 is 4.28. The van der Waals surface area contributed by atoms with Gasteiger partial charge in [0.05, 0.1) is 32.2 Å². The van der Waals surface area contributed by atoms with E-state index in [-0.39, 0.29) is 36.1 Å². The van der Waals surface area contributed by atoms with Crippen LogP contribution in [-0.4, -0.2) is 104 Å². The number of nitrogens with zero attached hydrogens (tertiary/aromatic N) is 8. The molecule has 22 nitrogen and oxygen atoms in total. The number of anilines is 2. The molecule has 256 valence electrons. The molecule has 3 saturated heterocycles. The Morgan fingerprint density at radius 2 is 1.90 bits per heavy atom. The summed E-state index contributed by atoms with van der Waals surface area (Å²) in [6.45, 7) is -5.44. The molecule has 2 bridgehead atoms. The molecule has 4 aromatic rings. The van der Waals surface area contributed by atoms with Crippen LogP contribution in [0.3, 0.4) is 0 Å². The Bertz CT molecular complexity index is 2150. The van der Waals surface area contributed by atoms with E-state index >= 15 is 0 Å². The van der Waals surface area contributed by atoms with E-state index < -0.39 is 80.4 Å². The Morgan fingerprint density at radius 3 is 2.69 bits per heavy atom. The minimum Gasteiger partial charge on any atom is -0.388 e. The summed E-state index contributed by atoms with van der Waals surface area (Å²) in [5, 5.41) is 19.7. The fraction of sp³-hybridized carbons (Fsp3) is 0.609. The maximum absolute atomic E-state index is 13.9. The number of ether oxygens (including phenoxy) is 2. The van der Waals surface area contributed by atoms with Gasteiger partial charge in [-0.25, -0.2) is 28.8 Å². The molecule has 9 rings (SSSR count). The van der Waals surface area contributed by atoms with Gasteiger partial charge in [0, 0.05) is 5.41 Å². The number of H-pyrrole nitrogens is 1. The Balaban J connectivity index is 1.07. The lowest BCUT2D eigenvalue weighted by atomic mass is 9.61. The Morgan fingerprint density at radius 1 is 1.06 bits per heavy atom. The summed E-state index contributed by atoms with van der Waals surface area (Å²) < 4.78 is 65.8. The maximum atomic E-state index is 13.9. The van der Waals surface area contributed by atoms with E-state index in [2.05, 4.69) is 47.5 Å². The number of aromatic nitrogens is 9. The topological polar surface area (TPSA) is 302 Å². The van der Waals surface area contributed by atoms with Crippen molar-refractivity contribution < 1.29 is 46.7 Å². The predicted molar refractivity (Wildman–Crippen MR) is 161 cm³/mol. The van der Waals surface area contributed by atoms with E-state index in [1.54, 1.807) is 0 Å². The second-order valence-corrected chi connectivity index (χ2v) is 16.8. The third kappa shape index (κ3) is 4.33. The fourth-order valence-electron chi connectivity index (χ4n) is 7.78. The average Bonchev–Trinajstić information content (AvgIpc) is 3.80. The van der Waals surface area contributed by atoms with Crippen LogP contribution in [0.15, 0.2) is 17.4 Å². The standard InChI is InChI=1S/C23H27N11O11P2S/c24-16-9-17(27-6-26-16)33(7-28-9)20-13-15-23(43-20,4-40-13)5-41-46(37,38)44-14-12(35)11(8-1-2-22(8,14)3-42-47(39,48)45-15)34-18-10(31-32-34)19(36)30-21(25)29-18/h6-8,11-15,20,35H,1-5H2,(H,37,38)(H,39,48)(H2,24,26,27)(H3,25,29,30,36)/t8-,11-,12+,13-,14+,15+,20-,22+,23-,47+/m1/s1. The first kappa shape index (κ1) is 30.9. The molecule has 4 aromatic heterocycles. The number of imidazole rings is 1. The summed E-state index contributed by atoms with van der Waals surface area (Å²) in [4.78, 5) is 42.4. The molecule has 5 aliphatic rings. The van der Waals surface area contributed by atoms with Crippen molar-refractivity contribution in [2.24, 2.45) is 11.3 Å². The maximum Gasteiger partial charge on any atom is 0.472 e. The van der Waals surface area contributed by atoms with Crippen LogP contribution in [0, 0.1) is 11.3 Å². The summed E-state index contributed by atoms with van der Waals surface area (Å²) in [6.07, 6.45) is -2.60. The van der Waals surface area contributed by atoms with Gasteiger partial charge in [0.25, 0.3) is 5.56 Å². The molecule has 7 N–H and O–H groups in total. The van der Waals surface area contributed by atoms with Gasteiger partial charge in [-0.15, -0.1) is 5.10 Å². The molecule has 25 heteroatoms. The monoisotopic (exact) mass is 727 g/mol. The van der Waals surface area contributed by atoms with Crippen molar-refractivity contribution in [2.75, 3.05) is 31.3 Å². The second-order valence-electron chi connectivity index (χ2n) is 12.5. The molecular weight excluding hydrogens is 700 g/mol. The third-order valence-electron chi connectivity index (χ3n) is 10.0. The summed E-state index contributed by atoms with van der Waals surface area (Å²) in [6, 6.07) is -0.967. The highest BCUT2D eigenvalue weighted by Gasteiger charge is 2.70. The quantitative estimate of drug-likeness (QED) is 0.111. The number of nitrogen functional groups attached to an aromatic ring is 2. The average molecular weight is 728 g/mol. The molecule has 3 aliphatic heterocycles. The van der Waals surface area contributed by atoms with Gasteiger partial charge in [-0.1, -0.05) is 17.5 Å². The number of phosphoric acid groups is 1. The minimum absolute atomic E-state index is 0.0123. The van der Waals surface area contributed by atoms with E-state index in [4.69, 9.17) is 39.0 Å². The normalized spacial score (nSPS) is 42.5. The van der Waals surface area contributed by atoms with Crippen molar-refractivity contribution in [3.05, 3.63) is 23.0 Å². The number of aliphatic hydroxyl groups is 1. The minimum atomic E-state index is -4.98. The summed E-state index contributed by atoms with van der Waals surface area (Å²) in [5.41, 5.74) is 8.75. The van der Waals surface area contributed by atoms with Gasteiger partial charge in [-0.3, -0.25) is 27.9 Å². The number of aliphatic hydroxyl groups excluding tert-OH is 1. The lowest BCUT2D eigenvalue weighted by Crippen LogP contribution is -2.50. The molecule has 1 unspecified atom stereocenters. The van der Waals surface area contributed by atoms with Crippen molar-refractivity contribution in [2.45, 2.75) is 55.1 Å². The number of thiol groups is 1. The molecule has 0 radical (unpaired) electrons. The van der Waals surface area contributed by atoms with E-state index in [0.29, 0.717) is 24.0 Å². The third-order valence-corrected chi connectivity index (χ3v) is 12.6. The lowest BCUT2D eigenvalue weighted by Gasteiger charge is -2.49. The molecule has 11 atom stereocenters. The molecule has 2 aliphatic carbocycles. The van der Waals surface area contributed by atoms with E-state index in [0.717, 1.165) is 0 Å². The Kier molecular flexibility index (Phi) is 6.60. The van der Waals surface area contributed by atoms with Gasteiger partial charge in [0.15, 0.2) is 28.9 Å². The van der Waals surface area contributed by atoms with Crippen LogP contribution in [0.5, 0.6) is 0 Å². The van der Waals surface area contributed by atoms with Crippen molar-refractivity contribution in [1.29, 1.82) is 0 Å². The van der Waals surface area contributed by atoms with Crippen LogP contribution < -0.4 is 17.0 Å². The van der Waals surface area contributed by atoms with Crippen LogP contribution in [0.25, 0.3) is 22.3 Å². The molecule has 2 saturated carbocycles. The van der Waals surface area contributed by atoms with Gasteiger partial charge < -0.3 is 35.5 Å². The smallest absolute Gasteiger partial charge is 0.388 e. The van der Waals surface area contributed by atoms with E-state index in [1.165, 1.54) is 21.9 Å². The first-order chi connectivity index (χ1) is 22.8. The zero-order valence-electron chi connectivity index (χ0n) is 24.4. The summed E-state index contributed by atoms with van der Waals surface area (Å²) in [7, 11) is -4.98. The number of aromatic amines is 1. The number of nitrogens with one attached hydrogen (secondary N) is 1. The van der Waals surface area contributed by atoms with Crippen LogP contribution in [0.4, 0.5) is 11.8 Å². The molecule has 7 heterocycles. The van der Waals surface area contributed by atoms with Gasteiger partial charge in [0.2, 0.25) is 5.95 Å². The van der Waals surface area contributed by atoms with Crippen LogP contribution in [0.2, 0.25) is 0 Å². The Hall–Kier alpha value is -3.08. The number of hydrogen-bond donors (Lipinski definition) is 6. The SMILES string of the molecule is Nc1nc2c(nnn2[C@H]2[C@H](O)[C@@H]3OP(=O)(O)OC[C@@]45CO[C@@H]([C@H](n6cnc7c(N)ncnc76)O4)[C@@H]5O[P@@](=O)(S)OC[C@]34CC[C@H]24)c(=O)[nH]1. The lowest BCUT2D eigenvalue weighted by molar-refractivity contribution is -0.185. The highest BCUT2D eigenvalue weighted by atomic mass is 32.7. The Labute approximate surface area is 272 Å². The molecule has 1 spiro atoms. The van der Waals surface area contributed by atoms with Crippen molar-refractivity contribution in [3.8, 4) is 0 Å². The van der Waals surface area contributed by atoms with Crippen molar-refractivity contribution in [1.82, 2.24) is 44.5 Å². The molecule has 0 aromatic carbocycles. The van der Waals surface area contributed by atoms with Crippen LogP contribution in [-0.2, 0) is 36.7 Å². The van der Waals surface area contributed by atoms with Gasteiger partial charge in [0.1, 0.15) is 41.9 Å². The largest absolute Gasteiger partial charge is 0.472 e. The molecule has 48 heavy (non-hydrogen) atoms. The van der Waals surface area contributed by atoms with E-state index in [1.807, 2.05) is 0 Å². The summed E-state index contributed by atoms with van der Waals surface area (Å²) in [5.74, 6) is -0.617. The number of fused-ring (bicyclic) bond motifs is 2. The van der Waals surface area contributed by atoms with E-state index in [9.17, 15) is 23.9 Å². The predicted octanol–water partition coefficient (Wildman–Crippen LogP) is -0.547. The molecule has 5 fully saturated rings. The van der Waals surface area contributed by atoms with Crippen molar-refractivity contribution in [3.63, 3.8) is 0 Å². The molecular formula is C23H27N11O11P2S. The zero-order valence-corrected chi connectivity index (χ0v) is 27.1. The van der Waals surface area contributed by atoms with Gasteiger partial charge >= 0.3 is 14.6 Å². The highest BCUT2D eigenvalue weighted by molar-refractivity contribution is 8.44. The first-order valence-electron chi connectivity index (χ1n) is 14.6. The van der Waals surface area contributed by atoms with Gasteiger partial charge in [-0.05, 0) is 18.8 Å². The fourth-order valence-corrected chi connectivity index (χ4v) is 10.4. The van der Waals surface area contributed by atoms with Crippen LogP contribution >= 0.6 is 26.9 Å². The zero-order chi connectivity index (χ0) is 33.4. The van der Waals surface area contributed by atoms with Crippen LogP contribution in [0.1, 0.15) is 25.1 Å². The number of phosphoric ester groups is 1. The second kappa shape index (κ2) is 10.2. The van der Waals surface area contributed by atoms with Gasteiger partial charge in [-0.2, -0.15) is 4.98 Å². The highest BCUT2D eigenvalue weighted by Crippen LogP contribution is 2.69. The first-order valence-corrected chi connectivity index (χ1v) is 18.8. The number of rotatable bonds is 2. The van der Waals surface area contributed by atoms with Crippen molar-refractivity contribution >= 4 is 61.0 Å². The number of nitrogens with two attached hydrogens (primary N) is 2. The molecule has 0 amide bonds. The number of hydrogen-bond acceptors (Lipinski definition) is 18.